The van der Waals surface area contributed by atoms with Crippen LogP contribution >= 0.6 is 0 Å². The Morgan fingerprint density at radius 3 is 2.63 bits per heavy atom. The van der Waals surface area contributed by atoms with E-state index in [0.717, 1.165) is 16.9 Å². The molecule has 0 saturated carbocycles. The molecule has 1 aromatic heterocycles. The highest BCUT2D eigenvalue weighted by Gasteiger charge is 2.34. The highest BCUT2D eigenvalue weighted by molar-refractivity contribution is 5.84. The van der Waals surface area contributed by atoms with Gasteiger partial charge in [0, 0.05) is 0 Å². The fraction of sp³-hybridized carbons (Fsp3) is 0.375. The average molecular weight is 386 g/mol. The normalized spacial score (nSPS) is 12.4. The Hall–Kier alpha value is -3.11. The lowest BCUT2D eigenvalue weighted by Crippen LogP contribution is -2.37. The zero-order valence-corrected chi connectivity index (χ0v) is 14.2. The van der Waals surface area contributed by atoms with Crippen molar-refractivity contribution in [1.29, 1.82) is 0 Å². The van der Waals surface area contributed by atoms with Gasteiger partial charge in [0.15, 0.2) is 5.69 Å². The van der Waals surface area contributed by atoms with Crippen LogP contribution in [-0.4, -0.2) is 44.6 Å². The van der Waals surface area contributed by atoms with Crippen LogP contribution in [0.25, 0.3) is 0 Å². The van der Waals surface area contributed by atoms with Gasteiger partial charge in [-0.05, 0) is 18.6 Å². The molecule has 1 unspecified atom stereocenters. The van der Waals surface area contributed by atoms with Crippen molar-refractivity contribution in [2.45, 2.75) is 32.2 Å². The second-order valence-electron chi connectivity index (χ2n) is 5.55. The highest BCUT2D eigenvalue weighted by Crippen LogP contribution is 2.36. The average Bonchev–Trinajstić information content (AvgIpc) is 3.06. The van der Waals surface area contributed by atoms with Gasteiger partial charge in [0.25, 0.3) is 0 Å². The molecular formula is C16H17F3N4O4. The quantitative estimate of drug-likeness (QED) is 0.719. The summed E-state index contributed by atoms with van der Waals surface area (Å²) >= 11 is 0. The van der Waals surface area contributed by atoms with E-state index in [9.17, 15) is 22.8 Å². The Morgan fingerprint density at radius 1 is 1.33 bits per heavy atom. The Balaban J connectivity index is 1.93. The molecule has 2 N–H and O–H groups in total. The molecule has 146 valence electrons. The molecule has 0 bridgehead atoms. The maximum atomic E-state index is 13.0. The number of benzene rings is 1. The number of ether oxygens (including phenoxy) is 1. The first-order valence-corrected chi connectivity index (χ1v) is 7.93. The number of carbonyl (C=O) groups is 2. The number of carboxylic acids is 1. The third kappa shape index (κ3) is 5.69. The van der Waals surface area contributed by atoms with Crippen LogP contribution in [0.1, 0.15) is 29.4 Å². The van der Waals surface area contributed by atoms with Crippen molar-refractivity contribution in [3.8, 4) is 5.75 Å². The predicted molar refractivity (Wildman–Crippen MR) is 86.1 cm³/mol. The summed E-state index contributed by atoms with van der Waals surface area (Å²) in [5, 5.41) is 18.1. The SMILES string of the molecule is CCC(CNC(=O)Cn1cc(C(=O)O)nn1)Oc1ccccc1C(F)(F)F. The monoisotopic (exact) mass is 386 g/mol. The van der Waals surface area contributed by atoms with Gasteiger partial charge >= 0.3 is 12.1 Å². The summed E-state index contributed by atoms with van der Waals surface area (Å²) in [6, 6.07) is 4.84. The first-order chi connectivity index (χ1) is 12.7. The van der Waals surface area contributed by atoms with Crippen molar-refractivity contribution in [1.82, 2.24) is 20.3 Å². The minimum atomic E-state index is -4.55. The zero-order valence-electron chi connectivity index (χ0n) is 14.2. The molecule has 0 aliphatic carbocycles. The third-order valence-corrected chi connectivity index (χ3v) is 3.53. The van der Waals surface area contributed by atoms with Gasteiger partial charge in [0.1, 0.15) is 18.4 Å². The number of carboxylic acid groups (broad SMARTS) is 1. The van der Waals surface area contributed by atoms with Gasteiger partial charge in [-0.1, -0.05) is 24.3 Å². The van der Waals surface area contributed by atoms with Gasteiger partial charge < -0.3 is 15.2 Å². The zero-order chi connectivity index (χ0) is 20.0. The maximum absolute atomic E-state index is 13.0. The number of para-hydroxylation sites is 1. The third-order valence-electron chi connectivity index (χ3n) is 3.53. The molecule has 0 spiro atoms. The highest BCUT2D eigenvalue weighted by atomic mass is 19.4. The molecule has 2 aromatic rings. The fourth-order valence-electron chi connectivity index (χ4n) is 2.16. The minimum Gasteiger partial charge on any atom is -0.488 e. The van der Waals surface area contributed by atoms with Crippen molar-refractivity contribution >= 4 is 11.9 Å². The van der Waals surface area contributed by atoms with Crippen LogP contribution in [0.2, 0.25) is 0 Å². The summed E-state index contributed by atoms with van der Waals surface area (Å²) in [7, 11) is 0. The number of aromatic carboxylic acids is 1. The molecule has 8 nitrogen and oxygen atoms in total. The molecule has 0 saturated heterocycles. The molecule has 1 atom stereocenters. The summed E-state index contributed by atoms with van der Waals surface area (Å²) in [5.74, 6) is -2.10. The summed E-state index contributed by atoms with van der Waals surface area (Å²) < 4.78 is 45.5. The lowest BCUT2D eigenvalue weighted by atomic mass is 10.2. The van der Waals surface area contributed by atoms with E-state index in [1.54, 1.807) is 6.92 Å². The number of carbonyl (C=O) groups excluding carboxylic acids is 1. The van der Waals surface area contributed by atoms with Gasteiger partial charge in [0.05, 0.1) is 18.3 Å². The molecule has 2 rings (SSSR count). The first-order valence-electron chi connectivity index (χ1n) is 7.93. The lowest BCUT2D eigenvalue weighted by Gasteiger charge is -2.21. The summed E-state index contributed by atoms with van der Waals surface area (Å²) in [5.41, 5.74) is -1.19. The number of nitrogens with zero attached hydrogens (tertiary/aromatic N) is 3. The number of nitrogens with one attached hydrogen (secondary N) is 1. The van der Waals surface area contributed by atoms with Crippen molar-refractivity contribution in [3.63, 3.8) is 0 Å². The molecular weight excluding hydrogens is 369 g/mol. The van der Waals surface area contributed by atoms with Gasteiger partial charge in [-0.15, -0.1) is 5.10 Å². The molecule has 1 aromatic carbocycles. The molecule has 0 aliphatic rings. The van der Waals surface area contributed by atoms with E-state index in [0.29, 0.717) is 6.42 Å². The standard InChI is InChI=1S/C16H17F3N4O4/c1-2-10(27-13-6-4-3-5-11(13)16(17,18)19)7-20-14(24)9-23-8-12(15(25)26)21-22-23/h3-6,8,10H,2,7,9H2,1H3,(H,20,24)(H,25,26). The number of alkyl halides is 3. The Bertz CT molecular complexity index is 807. The molecule has 27 heavy (non-hydrogen) atoms. The summed E-state index contributed by atoms with van der Waals surface area (Å²) in [6.45, 7) is 1.40. The Kier molecular flexibility index (Phi) is 6.37. The largest absolute Gasteiger partial charge is 0.488 e. The van der Waals surface area contributed by atoms with Crippen molar-refractivity contribution in [2.24, 2.45) is 0 Å². The predicted octanol–water partition coefficient (Wildman–Crippen LogP) is 1.97. The van der Waals surface area contributed by atoms with Gasteiger partial charge in [0.2, 0.25) is 5.91 Å². The lowest BCUT2D eigenvalue weighted by molar-refractivity contribution is -0.139. The minimum absolute atomic E-state index is 0.0258. The van der Waals surface area contributed by atoms with E-state index in [1.807, 2.05) is 0 Å². The topological polar surface area (TPSA) is 106 Å². The van der Waals surface area contributed by atoms with E-state index >= 15 is 0 Å². The van der Waals surface area contributed by atoms with Gasteiger partial charge in [-0.2, -0.15) is 13.2 Å². The summed E-state index contributed by atoms with van der Waals surface area (Å²) in [6.07, 6.45) is -3.77. The van der Waals surface area contributed by atoms with Crippen molar-refractivity contribution < 1.29 is 32.6 Å². The molecule has 0 fully saturated rings. The van der Waals surface area contributed by atoms with E-state index in [2.05, 4.69) is 15.6 Å². The number of hydrogen-bond donors (Lipinski definition) is 2. The maximum Gasteiger partial charge on any atom is 0.419 e. The second kappa shape index (κ2) is 8.52. The van der Waals surface area contributed by atoms with Crippen LogP contribution < -0.4 is 10.1 Å². The number of rotatable bonds is 8. The summed E-state index contributed by atoms with van der Waals surface area (Å²) in [4.78, 5) is 22.6. The molecule has 0 aliphatic heterocycles. The van der Waals surface area contributed by atoms with E-state index < -0.39 is 29.7 Å². The van der Waals surface area contributed by atoms with Crippen LogP contribution in [0.4, 0.5) is 13.2 Å². The van der Waals surface area contributed by atoms with Crippen molar-refractivity contribution in [3.05, 3.63) is 41.7 Å². The Labute approximate surface area is 151 Å². The number of amides is 1. The molecule has 11 heteroatoms. The number of halogens is 3. The molecule has 1 amide bonds. The van der Waals surface area contributed by atoms with E-state index in [1.165, 1.54) is 18.2 Å². The van der Waals surface area contributed by atoms with Crippen LogP contribution in [0.5, 0.6) is 5.75 Å². The number of aromatic nitrogens is 3. The smallest absolute Gasteiger partial charge is 0.419 e. The second-order valence-corrected chi connectivity index (χ2v) is 5.55. The fourth-order valence-corrected chi connectivity index (χ4v) is 2.16. The van der Waals surface area contributed by atoms with Gasteiger partial charge in [-0.3, -0.25) is 4.79 Å². The van der Waals surface area contributed by atoms with Crippen LogP contribution in [0, 0.1) is 0 Å². The molecule has 0 radical (unpaired) electrons. The van der Waals surface area contributed by atoms with E-state index in [4.69, 9.17) is 9.84 Å². The molecule has 1 heterocycles. The van der Waals surface area contributed by atoms with E-state index in [-0.39, 0.29) is 24.5 Å². The van der Waals surface area contributed by atoms with Crippen molar-refractivity contribution in [2.75, 3.05) is 6.54 Å². The van der Waals surface area contributed by atoms with Crippen LogP contribution in [-0.2, 0) is 17.5 Å². The van der Waals surface area contributed by atoms with Crippen LogP contribution in [0.3, 0.4) is 0 Å². The van der Waals surface area contributed by atoms with Crippen LogP contribution in [0.15, 0.2) is 30.5 Å². The van der Waals surface area contributed by atoms with Gasteiger partial charge in [-0.25, -0.2) is 9.48 Å². The number of hydrogen-bond acceptors (Lipinski definition) is 5. The Morgan fingerprint density at radius 2 is 2.04 bits per heavy atom. The first kappa shape index (κ1) is 20.2.